The minimum atomic E-state index is -0.448. The van der Waals surface area contributed by atoms with E-state index in [1.54, 1.807) is 0 Å². The maximum atomic E-state index is 6.24. The van der Waals surface area contributed by atoms with Gasteiger partial charge in [0.2, 0.25) is 11.7 Å². The van der Waals surface area contributed by atoms with Crippen molar-refractivity contribution in [1.82, 2.24) is 10.1 Å². The highest BCUT2D eigenvalue weighted by Crippen LogP contribution is 2.36. The van der Waals surface area contributed by atoms with Crippen LogP contribution in [0.2, 0.25) is 0 Å². The average Bonchev–Trinajstić information content (AvgIpc) is 2.87. The van der Waals surface area contributed by atoms with Crippen LogP contribution >= 0.6 is 0 Å². The minimum absolute atomic E-state index is 0.141. The molecule has 1 aliphatic heterocycles. The van der Waals surface area contributed by atoms with Crippen LogP contribution in [0.1, 0.15) is 50.7 Å². The average molecular weight is 281 g/mol. The topological polar surface area (TPSA) is 83.4 Å². The van der Waals surface area contributed by atoms with Gasteiger partial charge in [-0.3, -0.25) is 0 Å². The van der Waals surface area contributed by atoms with E-state index >= 15 is 0 Å². The molecule has 0 atom stereocenters. The zero-order valence-corrected chi connectivity index (χ0v) is 12.1. The molecule has 20 heavy (non-hydrogen) atoms. The Morgan fingerprint density at radius 3 is 2.60 bits per heavy atom. The smallest absolute Gasteiger partial charge is 0.228 e. The molecule has 6 heteroatoms. The van der Waals surface area contributed by atoms with Gasteiger partial charge in [-0.2, -0.15) is 4.98 Å². The van der Waals surface area contributed by atoms with Crippen molar-refractivity contribution in [2.75, 3.05) is 19.8 Å². The highest BCUT2D eigenvalue weighted by atomic mass is 16.5. The van der Waals surface area contributed by atoms with Gasteiger partial charge in [0.15, 0.2) is 0 Å². The summed E-state index contributed by atoms with van der Waals surface area (Å²) >= 11 is 0. The second kappa shape index (κ2) is 5.42. The molecule has 3 rings (SSSR count). The van der Waals surface area contributed by atoms with Gasteiger partial charge in [0.05, 0.1) is 0 Å². The summed E-state index contributed by atoms with van der Waals surface area (Å²) in [5, 5.41) is 4.15. The number of hydrogen-bond donors (Lipinski definition) is 1. The second-order valence-electron chi connectivity index (χ2n) is 5.94. The number of nitrogens with two attached hydrogens (primary N) is 1. The zero-order valence-electron chi connectivity index (χ0n) is 12.1. The summed E-state index contributed by atoms with van der Waals surface area (Å²) in [5.41, 5.74) is 5.65. The molecule has 1 aliphatic carbocycles. The zero-order chi connectivity index (χ0) is 14.1. The summed E-state index contributed by atoms with van der Waals surface area (Å²) in [7, 11) is 0. The highest BCUT2D eigenvalue weighted by Gasteiger charge is 2.41. The third-order valence-electron chi connectivity index (χ3n) is 4.45. The molecule has 1 aromatic rings. The standard InChI is InChI=1S/C14H23N3O3/c1-2-19-14(6-8-18-9-7-14)12-16-11(20-17-12)10-13(15)4-3-5-13/h2-10,15H2,1H3. The van der Waals surface area contributed by atoms with Gasteiger partial charge in [0.1, 0.15) is 5.60 Å². The van der Waals surface area contributed by atoms with Crippen LogP contribution in [0.25, 0.3) is 0 Å². The number of ether oxygens (including phenoxy) is 2. The van der Waals surface area contributed by atoms with Crippen LogP contribution < -0.4 is 5.73 Å². The summed E-state index contributed by atoms with van der Waals surface area (Å²) in [6.07, 6.45) is 5.47. The Morgan fingerprint density at radius 1 is 1.25 bits per heavy atom. The molecule has 2 fully saturated rings. The van der Waals surface area contributed by atoms with Crippen molar-refractivity contribution < 1.29 is 14.0 Å². The molecule has 0 unspecified atom stereocenters. The predicted octanol–water partition coefficient (Wildman–Crippen LogP) is 1.54. The normalized spacial score (nSPS) is 24.3. The molecule has 0 amide bonds. The fraction of sp³-hybridized carbons (Fsp3) is 0.857. The minimum Gasteiger partial charge on any atom is -0.381 e. The van der Waals surface area contributed by atoms with Crippen molar-refractivity contribution >= 4 is 0 Å². The molecule has 1 saturated heterocycles. The van der Waals surface area contributed by atoms with E-state index in [1.807, 2.05) is 6.92 Å². The maximum Gasteiger partial charge on any atom is 0.228 e. The molecular weight excluding hydrogens is 258 g/mol. The van der Waals surface area contributed by atoms with Gasteiger partial charge in [-0.25, -0.2) is 0 Å². The Morgan fingerprint density at radius 2 is 2.00 bits per heavy atom. The molecule has 1 aromatic heterocycles. The summed E-state index contributed by atoms with van der Waals surface area (Å²) in [4.78, 5) is 4.55. The molecule has 6 nitrogen and oxygen atoms in total. The second-order valence-corrected chi connectivity index (χ2v) is 5.94. The molecule has 1 saturated carbocycles. The van der Waals surface area contributed by atoms with Crippen LogP contribution in [0.5, 0.6) is 0 Å². The molecule has 0 radical (unpaired) electrons. The van der Waals surface area contributed by atoms with E-state index in [0.717, 1.165) is 25.7 Å². The first-order valence-corrected chi connectivity index (χ1v) is 7.49. The summed E-state index contributed by atoms with van der Waals surface area (Å²) in [6, 6.07) is 0. The molecule has 0 bridgehead atoms. The Labute approximate surface area is 119 Å². The molecule has 0 aromatic carbocycles. The maximum absolute atomic E-state index is 6.24. The van der Waals surface area contributed by atoms with Crippen LogP contribution in [0.4, 0.5) is 0 Å². The predicted molar refractivity (Wildman–Crippen MR) is 72.1 cm³/mol. The molecular formula is C14H23N3O3. The van der Waals surface area contributed by atoms with Gasteiger partial charge in [-0.05, 0) is 26.2 Å². The van der Waals surface area contributed by atoms with Gasteiger partial charge >= 0.3 is 0 Å². The van der Waals surface area contributed by atoms with Crippen molar-refractivity contribution in [3.63, 3.8) is 0 Å². The van der Waals surface area contributed by atoms with Crippen molar-refractivity contribution in [3.05, 3.63) is 11.7 Å². The molecule has 2 aliphatic rings. The quantitative estimate of drug-likeness (QED) is 0.881. The molecule has 2 N–H and O–H groups in total. The van der Waals surface area contributed by atoms with Gasteiger partial charge in [0, 0.05) is 44.6 Å². The molecule has 0 spiro atoms. The lowest BCUT2D eigenvalue weighted by Crippen LogP contribution is -2.48. The van der Waals surface area contributed by atoms with E-state index in [4.69, 9.17) is 19.7 Å². The third kappa shape index (κ3) is 2.60. The molecule has 112 valence electrons. The van der Waals surface area contributed by atoms with Gasteiger partial charge in [-0.15, -0.1) is 0 Å². The SMILES string of the molecule is CCOC1(c2noc(CC3(N)CCC3)n2)CCOCC1. The lowest BCUT2D eigenvalue weighted by molar-refractivity contribution is -0.118. The van der Waals surface area contributed by atoms with Gasteiger partial charge < -0.3 is 19.7 Å². The number of hydrogen-bond acceptors (Lipinski definition) is 6. The van der Waals surface area contributed by atoms with Crippen LogP contribution in [-0.4, -0.2) is 35.5 Å². The Balaban J connectivity index is 1.76. The van der Waals surface area contributed by atoms with Crippen molar-refractivity contribution in [2.24, 2.45) is 5.73 Å². The van der Waals surface area contributed by atoms with Crippen LogP contribution in [0.3, 0.4) is 0 Å². The fourth-order valence-corrected chi connectivity index (χ4v) is 3.03. The largest absolute Gasteiger partial charge is 0.381 e. The Bertz CT molecular complexity index is 445. The lowest BCUT2D eigenvalue weighted by atomic mass is 9.75. The third-order valence-corrected chi connectivity index (χ3v) is 4.45. The van der Waals surface area contributed by atoms with E-state index in [0.29, 0.717) is 38.0 Å². The number of rotatable bonds is 5. The highest BCUT2D eigenvalue weighted by molar-refractivity contribution is 5.06. The van der Waals surface area contributed by atoms with Crippen molar-refractivity contribution in [2.45, 2.75) is 56.6 Å². The van der Waals surface area contributed by atoms with Crippen LogP contribution in [0, 0.1) is 0 Å². The summed E-state index contributed by atoms with van der Waals surface area (Å²) < 4.78 is 16.8. The Kier molecular flexibility index (Phi) is 3.79. The first-order valence-electron chi connectivity index (χ1n) is 7.49. The number of aromatic nitrogens is 2. The van der Waals surface area contributed by atoms with Gasteiger partial charge in [-0.1, -0.05) is 5.16 Å². The van der Waals surface area contributed by atoms with Crippen LogP contribution in [-0.2, 0) is 21.5 Å². The van der Waals surface area contributed by atoms with Crippen molar-refractivity contribution in [3.8, 4) is 0 Å². The molecule has 2 heterocycles. The fourth-order valence-electron chi connectivity index (χ4n) is 3.03. The first kappa shape index (κ1) is 14.0. The van der Waals surface area contributed by atoms with Crippen LogP contribution in [0.15, 0.2) is 4.52 Å². The number of nitrogens with zero attached hydrogens (tertiary/aromatic N) is 2. The van der Waals surface area contributed by atoms with E-state index in [-0.39, 0.29) is 5.54 Å². The van der Waals surface area contributed by atoms with E-state index in [1.165, 1.54) is 6.42 Å². The summed E-state index contributed by atoms with van der Waals surface area (Å²) in [6.45, 7) is 3.96. The van der Waals surface area contributed by atoms with E-state index in [9.17, 15) is 0 Å². The van der Waals surface area contributed by atoms with Gasteiger partial charge in [0.25, 0.3) is 0 Å². The van der Waals surface area contributed by atoms with Crippen molar-refractivity contribution in [1.29, 1.82) is 0 Å². The lowest BCUT2D eigenvalue weighted by Gasteiger charge is -2.36. The Hall–Kier alpha value is -0.980. The van der Waals surface area contributed by atoms with E-state index in [2.05, 4.69) is 10.1 Å². The monoisotopic (exact) mass is 281 g/mol. The first-order chi connectivity index (χ1) is 9.66. The van der Waals surface area contributed by atoms with E-state index < -0.39 is 5.60 Å². The summed E-state index contributed by atoms with van der Waals surface area (Å²) in [5.74, 6) is 1.29.